The Bertz CT molecular complexity index is 1070. The Morgan fingerprint density at radius 1 is 0.844 bits per heavy atom. The average molecular weight is 456 g/mol. The monoisotopic (exact) mass is 455 g/mol. The zero-order chi connectivity index (χ0) is 22.6. The molecular formula is C24H29N3O4S. The minimum atomic E-state index is -3.38. The summed E-state index contributed by atoms with van der Waals surface area (Å²) in [5.74, 6) is -0.544. The van der Waals surface area contributed by atoms with Gasteiger partial charge in [0.1, 0.15) is 0 Å². The number of carbonyl (C=O) groups excluding carboxylic acids is 2. The summed E-state index contributed by atoms with van der Waals surface area (Å²) in [5.41, 5.74) is 1.18. The normalized spacial score (nSPS) is 19.5. The van der Waals surface area contributed by atoms with Gasteiger partial charge in [-0.3, -0.25) is 4.79 Å². The average Bonchev–Trinajstić information content (AvgIpc) is 3.36. The lowest BCUT2D eigenvalue weighted by Crippen LogP contribution is -2.45. The summed E-state index contributed by atoms with van der Waals surface area (Å²) >= 11 is 0. The van der Waals surface area contributed by atoms with Gasteiger partial charge in [-0.25, -0.2) is 13.2 Å². The molecule has 32 heavy (non-hydrogen) atoms. The Morgan fingerprint density at radius 3 is 2.31 bits per heavy atom. The SMILES string of the molecule is O=C(Nc1cccc(S(=O)(=O)C2CCCC2)c1)C1CCCN(C(=O)Nc2ccccc2)C1. The fourth-order valence-electron chi connectivity index (χ4n) is 4.49. The first-order chi connectivity index (χ1) is 15.4. The van der Waals surface area contributed by atoms with Gasteiger partial charge in [0.15, 0.2) is 9.84 Å². The maximum Gasteiger partial charge on any atom is 0.321 e. The van der Waals surface area contributed by atoms with E-state index in [9.17, 15) is 18.0 Å². The number of piperidine rings is 1. The Hall–Kier alpha value is -2.87. The second-order valence-corrected chi connectivity index (χ2v) is 10.8. The van der Waals surface area contributed by atoms with Crippen LogP contribution in [0.2, 0.25) is 0 Å². The highest BCUT2D eigenvalue weighted by molar-refractivity contribution is 7.92. The van der Waals surface area contributed by atoms with Crippen LogP contribution in [0.4, 0.5) is 16.2 Å². The van der Waals surface area contributed by atoms with Crippen LogP contribution in [-0.4, -0.2) is 43.6 Å². The number of hydrogen-bond donors (Lipinski definition) is 2. The van der Waals surface area contributed by atoms with Gasteiger partial charge in [0.25, 0.3) is 0 Å². The molecule has 2 aromatic rings. The van der Waals surface area contributed by atoms with E-state index in [0.29, 0.717) is 43.7 Å². The van der Waals surface area contributed by atoms with Crippen LogP contribution in [-0.2, 0) is 14.6 Å². The molecule has 2 N–H and O–H groups in total. The lowest BCUT2D eigenvalue weighted by molar-refractivity contribution is -0.121. The van der Waals surface area contributed by atoms with Crippen LogP contribution in [0.5, 0.6) is 0 Å². The molecule has 170 valence electrons. The second-order valence-electron chi connectivity index (χ2n) is 8.55. The van der Waals surface area contributed by atoms with Crippen molar-refractivity contribution in [3.63, 3.8) is 0 Å². The maximum absolute atomic E-state index is 12.9. The van der Waals surface area contributed by atoms with Crippen molar-refractivity contribution in [2.24, 2.45) is 5.92 Å². The van der Waals surface area contributed by atoms with Crippen molar-refractivity contribution in [3.8, 4) is 0 Å². The van der Waals surface area contributed by atoms with Crippen LogP contribution < -0.4 is 10.6 Å². The third-order valence-electron chi connectivity index (χ3n) is 6.28. The van der Waals surface area contributed by atoms with E-state index in [1.165, 1.54) is 0 Å². The van der Waals surface area contributed by atoms with Crippen molar-refractivity contribution in [2.45, 2.75) is 48.7 Å². The Labute approximate surface area is 189 Å². The van der Waals surface area contributed by atoms with E-state index in [2.05, 4.69) is 10.6 Å². The van der Waals surface area contributed by atoms with Gasteiger partial charge in [-0.15, -0.1) is 0 Å². The van der Waals surface area contributed by atoms with Gasteiger partial charge < -0.3 is 15.5 Å². The number of para-hydroxylation sites is 1. The first kappa shape index (κ1) is 22.3. The minimum absolute atomic E-state index is 0.197. The number of anilines is 2. The van der Waals surface area contributed by atoms with Crippen LogP contribution in [0.1, 0.15) is 38.5 Å². The molecule has 0 spiro atoms. The van der Waals surface area contributed by atoms with Crippen molar-refractivity contribution >= 4 is 33.2 Å². The predicted molar refractivity (Wildman–Crippen MR) is 124 cm³/mol. The second kappa shape index (κ2) is 9.73. The molecule has 1 aliphatic heterocycles. The lowest BCUT2D eigenvalue weighted by atomic mass is 9.97. The van der Waals surface area contributed by atoms with E-state index in [1.54, 1.807) is 29.2 Å². The highest BCUT2D eigenvalue weighted by Gasteiger charge is 2.31. The molecule has 0 aromatic heterocycles. The molecule has 1 unspecified atom stereocenters. The zero-order valence-corrected chi connectivity index (χ0v) is 18.8. The van der Waals surface area contributed by atoms with Gasteiger partial charge in [0.2, 0.25) is 5.91 Å². The summed E-state index contributed by atoms with van der Waals surface area (Å²) in [4.78, 5) is 27.4. The number of sulfone groups is 1. The van der Waals surface area contributed by atoms with Crippen LogP contribution in [0.15, 0.2) is 59.5 Å². The standard InChI is InChI=1S/C24H29N3O4S/c28-23(18-8-7-15-27(17-18)24(29)26-19-9-2-1-3-10-19)25-20-11-6-14-22(16-20)32(30,31)21-12-4-5-13-21/h1-3,6,9-11,14,16,18,21H,4-5,7-8,12-13,15,17H2,(H,25,28)(H,26,29). The third-order valence-corrected chi connectivity index (χ3v) is 8.54. The Balaban J connectivity index is 1.39. The molecule has 2 aromatic carbocycles. The highest BCUT2D eigenvalue weighted by Crippen LogP contribution is 2.30. The molecule has 8 heteroatoms. The number of hydrogen-bond acceptors (Lipinski definition) is 4. The maximum atomic E-state index is 12.9. The zero-order valence-electron chi connectivity index (χ0n) is 18.0. The van der Waals surface area contributed by atoms with Gasteiger partial charge in [0, 0.05) is 24.5 Å². The van der Waals surface area contributed by atoms with Crippen molar-refractivity contribution < 1.29 is 18.0 Å². The molecule has 1 heterocycles. The summed E-state index contributed by atoms with van der Waals surface area (Å²) in [6, 6.07) is 15.5. The fourth-order valence-corrected chi connectivity index (χ4v) is 6.38. The molecule has 0 bridgehead atoms. The molecule has 1 atom stereocenters. The Morgan fingerprint density at radius 2 is 1.56 bits per heavy atom. The Kier molecular flexibility index (Phi) is 6.79. The summed E-state index contributed by atoms with van der Waals surface area (Å²) in [6.45, 7) is 0.919. The fraction of sp³-hybridized carbons (Fsp3) is 0.417. The van der Waals surface area contributed by atoms with E-state index in [0.717, 1.165) is 19.3 Å². The quantitative estimate of drug-likeness (QED) is 0.703. The molecular weight excluding hydrogens is 426 g/mol. The van der Waals surface area contributed by atoms with Crippen molar-refractivity contribution in [1.82, 2.24) is 4.90 Å². The molecule has 1 aliphatic carbocycles. The molecule has 4 rings (SSSR count). The largest absolute Gasteiger partial charge is 0.326 e. The topological polar surface area (TPSA) is 95.6 Å². The van der Waals surface area contributed by atoms with Crippen molar-refractivity contribution in [1.29, 1.82) is 0 Å². The van der Waals surface area contributed by atoms with Gasteiger partial charge >= 0.3 is 6.03 Å². The number of nitrogens with zero attached hydrogens (tertiary/aromatic N) is 1. The lowest BCUT2D eigenvalue weighted by Gasteiger charge is -2.32. The van der Waals surface area contributed by atoms with E-state index >= 15 is 0 Å². The number of likely N-dealkylation sites (tertiary alicyclic amines) is 1. The van der Waals surface area contributed by atoms with Crippen molar-refractivity contribution in [2.75, 3.05) is 23.7 Å². The number of amides is 3. The number of urea groups is 1. The van der Waals surface area contributed by atoms with E-state index in [-0.39, 0.29) is 28.0 Å². The molecule has 1 saturated carbocycles. The molecule has 0 radical (unpaired) electrons. The number of nitrogens with one attached hydrogen (secondary N) is 2. The van der Waals surface area contributed by atoms with E-state index in [4.69, 9.17) is 0 Å². The summed E-state index contributed by atoms with van der Waals surface area (Å²) in [6.07, 6.45) is 4.69. The first-order valence-electron chi connectivity index (χ1n) is 11.2. The number of rotatable bonds is 5. The van der Waals surface area contributed by atoms with E-state index in [1.807, 2.05) is 30.3 Å². The summed E-state index contributed by atoms with van der Waals surface area (Å²) in [5, 5.41) is 5.39. The molecule has 2 aliphatic rings. The third kappa shape index (κ3) is 5.12. The number of carbonyl (C=O) groups is 2. The van der Waals surface area contributed by atoms with Gasteiger partial charge in [-0.05, 0) is 56.0 Å². The van der Waals surface area contributed by atoms with Crippen LogP contribution in [0.3, 0.4) is 0 Å². The van der Waals surface area contributed by atoms with E-state index < -0.39 is 9.84 Å². The first-order valence-corrected chi connectivity index (χ1v) is 12.7. The van der Waals surface area contributed by atoms with Gasteiger partial charge in [-0.1, -0.05) is 37.1 Å². The molecule has 1 saturated heterocycles. The van der Waals surface area contributed by atoms with Gasteiger partial charge in [0.05, 0.1) is 16.1 Å². The van der Waals surface area contributed by atoms with Crippen LogP contribution in [0.25, 0.3) is 0 Å². The van der Waals surface area contributed by atoms with Crippen LogP contribution >= 0.6 is 0 Å². The number of benzene rings is 2. The smallest absolute Gasteiger partial charge is 0.321 e. The summed E-state index contributed by atoms with van der Waals surface area (Å²) in [7, 11) is -3.38. The molecule has 3 amide bonds. The molecule has 7 nitrogen and oxygen atoms in total. The highest BCUT2D eigenvalue weighted by atomic mass is 32.2. The van der Waals surface area contributed by atoms with Crippen molar-refractivity contribution in [3.05, 3.63) is 54.6 Å². The molecule has 2 fully saturated rings. The van der Waals surface area contributed by atoms with Crippen LogP contribution in [0, 0.1) is 5.92 Å². The summed E-state index contributed by atoms with van der Waals surface area (Å²) < 4.78 is 25.8. The van der Waals surface area contributed by atoms with Gasteiger partial charge in [-0.2, -0.15) is 0 Å². The minimum Gasteiger partial charge on any atom is -0.326 e. The predicted octanol–water partition coefficient (Wildman–Crippen LogP) is 4.29.